The molecule has 0 aromatic rings. The van der Waals surface area contributed by atoms with E-state index in [2.05, 4.69) is 18.2 Å². The maximum Gasteiger partial charge on any atom is 0.0573 e. The molecule has 0 amide bonds. The molecule has 0 aromatic carbocycles. The summed E-state index contributed by atoms with van der Waals surface area (Å²) in [5.41, 5.74) is 0. The van der Waals surface area contributed by atoms with Gasteiger partial charge in [0.05, 0.1) is 6.54 Å². The van der Waals surface area contributed by atoms with Crippen molar-refractivity contribution in [3.63, 3.8) is 0 Å². The lowest BCUT2D eigenvalue weighted by atomic mass is 10.0. The van der Waals surface area contributed by atoms with E-state index in [9.17, 15) is 0 Å². The van der Waals surface area contributed by atoms with Gasteiger partial charge in [-0.05, 0) is 18.9 Å². The predicted molar refractivity (Wildman–Crippen MR) is 47.2 cm³/mol. The van der Waals surface area contributed by atoms with Crippen LogP contribution in [0.1, 0.15) is 19.8 Å². The summed E-state index contributed by atoms with van der Waals surface area (Å²) >= 11 is 0. The van der Waals surface area contributed by atoms with Gasteiger partial charge in [0, 0.05) is 6.61 Å². The van der Waals surface area contributed by atoms with Crippen molar-refractivity contribution in [1.29, 1.82) is 0 Å². The van der Waals surface area contributed by atoms with Crippen LogP contribution in [-0.2, 0) is 0 Å². The molecule has 11 heavy (non-hydrogen) atoms. The molecule has 2 heteroatoms. The fourth-order valence-corrected chi connectivity index (χ4v) is 0.982. The first kappa shape index (κ1) is 10.5. The van der Waals surface area contributed by atoms with Crippen molar-refractivity contribution in [3.05, 3.63) is 0 Å². The van der Waals surface area contributed by atoms with E-state index in [1.54, 1.807) is 0 Å². The Morgan fingerprint density at radius 2 is 2.36 bits per heavy atom. The summed E-state index contributed by atoms with van der Waals surface area (Å²) in [4.78, 5) is 0. The standard InChI is InChI=1S/C9H17NO/c1-3-6-10-8-9(4-2)5-7-11/h1,9-11H,4-8H2,2H3. The van der Waals surface area contributed by atoms with E-state index in [-0.39, 0.29) is 6.61 Å². The van der Waals surface area contributed by atoms with Gasteiger partial charge in [0.15, 0.2) is 0 Å². The summed E-state index contributed by atoms with van der Waals surface area (Å²) in [6.45, 7) is 3.94. The fourth-order valence-electron chi connectivity index (χ4n) is 0.982. The highest BCUT2D eigenvalue weighted by atomic mass is 16.3. The topological polar surface area (TPSA) is 32.3 Å². The smallest absolute Gasteiger partial charge is 0.0573 e. The maximum atomic E-state index is 8.66. The lowest BCUT2D eigenvalue weighted by Gasteiger charge is -2.12. The molecule has 0 aliphatic rings. The van der Waals surface area contributed by atoms with Crippen LogP contribution in [0.4, 0.5) is 0 Å². The Hall–Kier alpha value is -0.520. The Kier molecular flexibility index (Phi) is 7.23. The summed E-state index contributed by atoms with van der Waals surface area (Å²) in [6.07, 6.45) is 7.03. The zero-order valence-corrected chi connectivity index (χ0v) is 7.14. The van der Waals surface area contributed by atoms with Gasteiger partial charge < -0.3 is 10.4 Å². The van der Waals surface area contributed by atoms with Crippen LogP contribution in [0.15, 0.2) is 0 Å². The number of hydrogen-bond donors (Lipinski definition) is 2. The molecule has 0 fully saturated rings. The minimum Gasteiger partial charge on any atom is -0.396 e. The Morgan fingerprint density at radius 1 is 1.64 bits per heavy atom. The highest BCUT2D eigenvalue weighted by Crippen LogP contribution is 2.04. The monoisotopic (exact) mass is 155 g/mol. The van der Waals surface area contributed by atoms with Gasteiger partial charge in [-0.3, -0.25) is 0 Å². The molecule has 2 nitrogen and oxygen atoms in total. The molecule has 0 saturated heterocycles. The molecule has 0 radical (unpaired) electrons. The lowest BCUT2D eigenvalue weighted by Crippen LogP contribution is -2.23. The second-order valence-corrected chi connectivity index (χ2v) is 2.62. The Balaban J connectivity index is 3.29. The van der Waals surface area contributed by atoms with Crippen LogP contribution in [0.25, 0.3) is 0 Å². The molecule has 0 rings (SSSR count). The van der Waals surface area contributed by atoms with Crippen LogP contribution in [-0.4, -0.2) is 24.8 Å². The van der Waals surface area contributed by atoms with Crippen LogP contribution in [0, 0.1) is 18.3 Å². The van der Waals surface area contributed by atoms with Gasteiger partial charge in [-0.25, -0.2) is 0 Å². The molecule has 2 N–H and O–H groups in total. The van der Waals surface area contributed by atoms with E-state index in [1.807, 2.05) is 0 Å². The van der Waals surface area contributed by atoms with Crippen LogP contribution in [0.2, 0.25) is 0 Å². The largest absolute Gasteiger partial charge is 0.396 e. The molecule has 0 aliphatic heterocycles. The number of nitrogens with one attached hydrogen (secondary N) is 1. The van der Waals surface area contributed by atoms with Gasteiger partial charge in [0.25, 0.3) is 0 Å². The molecule has 0 bridgehead atoms. The van der Waals surface area contributed by atoms with Gasteiger partial charge in [-0.1, -0.05) is 19.3 Å². The van der Waals surface area contributed by atoms with E-state index in [0.717, 1.165) is 19.4 Å². The Morgan fingerprint density at radius 3 is 2.82 bits per heavy atom. The van der Waals surface area contributed by atoms with Gasteiger partial charge in [-0.2, -0.15) is 0 Å². The number of aliphatic hydroxyl groups is 1. The van der Waals surface area contributed by atoms with Gasteiger partial charge in [-0.15, -0.1) is 6.42 Å². The molecular formula is C9H17NO. The summed E-state index contributed by atoms with van der Waals surface area (Å²) in [7, 11) is 0. The maximum absolute atomic E-state index is 8.66. The first-order valence-corrected chi connectivity index (χ1v) is 4.10. The zero-order valence-electron chi connectivity index (χ0n) is 7.14. The van der Waals surface area contributed by atoms with Crippen LogP contribution in [0.5, 0.6) is 0 Å². The third-order valence-electron chi connectivity index (χ3n) is 1.77. The number of terminal acetylenes is 1. The van der Waals surface area contributed by atoms with E-state index in [4.69, 9.17) is 11.5 Å². The third kappa shape index (κ3) is 5.90. The first-order chi connectivity index (χ1) is 5.35. The summed E-state index contributed by atoms with van der Waals surface area (Å²) in [6, 6.07) is 0. The average Bonchev–Trinajstić information content (AvgIpc) is 2.03. The van der Waals surface area contributed by atoms with Crippen LogP contribution >= 0.6 is 0 Å². The van der Waals surface area contributed by atoms with Crippen LogP contribution < -0.4 is 5.32 Å². The van der Waals surface area contributed by atoms with E-state index in [0.29, 0.717) is 12.5 Å². The summed E-state index contributed by atoms with van der Waals surface area (Å²) in [5, 5.41) is 11.8. The van der Waals surface area contributed by atoms with Crippen molar-refractivity contribution in [3.8, 4) is 12.3 Å². The Labute approximate surface area is 69.0 Å². The Bertz CT molecular complexity index is 117. The number of aliphatic hydroxyl groups excluding tert-OH is 1. The van der Waals surface area contributed by atoms with Crippen molar-refractivity contribution < 1.29 is 5.11 Å². The molecule has 1 unspecified atom stereocenters. The molecular weight excluding hydrogens is 138 g/mol. The fraction of sp³-hybridized carbons (Fsp3) is 0.778. The first-order valence-electron chi connectivity index (χ1n) is 4.10. The molecule has 1 atom stereocenters. The highest BCUT2D eigenvalue weighted by molar-refractivity contribution is 4.86. The zero-order chi connectivity index (χ0) is 8.53. The number of hydrogen-bond acceptors (Lipinski definition) is 2. The van der Waals surface area contributed by atoms with E-state index < -0.39 is 0 Å². The van der Waals surface area contributed by atoms with Crippen molar-refractivity contribution in [2.24, 2.45) is 5.92 Å². The van der Waals surface area contributed by atoms with E-state index in [1.165, 1.54) is 0 Å². The molecule has 0 saturated carbocycles. The highest BCUT2D eigenvalue weighted by Gasteiger charge is 2.03. The van der Waals surface area contributed by atoms with Gasteiger partial charge >= 0.3 is 0 Å². The summed E-state index contributed by atoms with van der Waals surface area (Å²) < 4.78 is 0. The summed E-state index contributed by atoms with van der Waals surface area (Å²) in [5.74, 6) is 3.08. The van der Waals surface area contributed by atoms with Gasteiger partial charge in [0.2, 0.25) is 0 Å². The molecule has 0 spiro atoms. The van der Waals surface area contributed by atoms with Crippen molar-refractivity contribution in [2.45, 2.75) is 19.8 Å². The predicted octanol–water partition coefficient (Wildman–Crippen LogP) is 0.618. The average molecular weight is 155 g/mol. The van der Waals surface area contributed by atoms with Crippen molar-refractivity contribution in [1.82, 2.24) is 5.32 Å². The van der Waals surface area contributed by atoms with Crippen molar-refractivity contribution >= 4 is 0 Å². The normalized spacial score (nSPS) is 12.5. The quantitative estimate of drug-likeness (QED) is 0.435. The second kappa shape index (κ2) is 7.59. The third-order valence-corrected chi connectivity index (χ3v) is 1.77. The minimum atomic E-state index is 0.274. The van der Waals surface area contributed by atoms with Crippen molar-refractivity contribution in [2.75, 3.05) is 19.7 Å². The minimum absolute atomic E-state index is 0.274. The van der Waals surface area contributed by atoms with Crippen LogP contribution in [0.3, 0.4) is 0 Å². The molecule has 0 aromatic heterocycles. The van der Waals surface area contributed by atoms with Gasteiger partial charge in [0.1, 0.15) is 0 Å². The molecule has 64 valence electrons. The molecule has 0 aliphatic carbocycles. The molecule has 0 heterocycles. The SMILES string of the molecule is C#CCNCC(CC)CCO. The number of rotatable bonds is 6. The second-order valence-electron chi connectivity index (χ2n) is 2.62. The lowest BCUT2D eigenvalue weighted by molar-refractivity contribution is 0.252. The van der Waals surface area contributed by atoms with E-state index >= 15 is 0 Å².